The van der Waals surface area contributed by atoms with Crippen LogP contribution >= 0.6 is 0 Å². The molecule has 4 heteroatoms. The van der Waals surface area contributed by atoms with Crippen molar-refractivity contribution in [3.05, 3.63) is 0 Å². The van der Waals surface area contributed by atoms with E-state index in [1.165, 1.54) is 0 Å². The number of aliphatic hydroxyl groups excluding tert-OH is 3. The van der Waals surface area contributed by atoms with Crippen LogP contribution in [-0.2, 0) is 0 Å². The van der Waals surface area contributed by atoms with Crippen molar-refractivity contribution in [1.82, 2.24) is 4.90 Å². The van der Waals surface area contributed by atoms with Crippen LogP contribution in [0.5, 0.6) is 0 Å². The largest absolute Gasteiger partial charge is 0.396 e. The fourth-order valence-electron chi connectivity index (χ4n) is 2.68. The first-order valence-corrected chi connectivity index (χ1v) is 6.45. The van der Waals surface area contributed by atoms with Crippen LogP contribution < -0.4 is 0 Å². The lowest BCUT2D eigenvalue weighted by molar-refractivity contribution is -0.113. The molecule has 0 aromatic rings. The predicted octanol–water partition coefficient (Wildman–Crippen LogP) is 0.601. The van der Waals surface area contributed by atoms with Gasteiger partial charge in [-0.25, -0.2) is 0 Å². The molecule has 0 bridgehead atoms. The second-order valence-electron chi connectivity index (χ2n) is 6.36. The van der Waals surface area contributed by atoms with Gasteiger partial charge in [0.15, 0.2) is 0 Å². The Kier molecular flexibility index (Phi) is 4.58. The molecule has 4 nitrogen and oxygen atoms in total. The van der Waals surface area contributed by atoms with Gasteiger partial charge in [0.2, 0.25) is 0 Å². The fraction of sp³-hybridized carbons (Fsp3) is 1.00. The molecule has 1 unspecified atom stereocenters. The molecule has 0 amide bonds. The summed E-state index contributed by atoms with van der Waals surface area (Å²) in [5.41, 5.74) is -0.409. The first-order valence-electron chi connectivity index (χ1n) is 6.45. The highest BCUT2D eigenvalue weighted by atomic mass is 16.3. The Morgan fingerprint density at radius 2 is 1.65 bits per heavy atom. The Morgan fingerprint density at radius 1 is 1.18 bits per heavy atom. The van der Waals surface area contributed by atoms with Gasteiger partial charge in [-0.1, -0.05) is 0 Å². The lowest BCUT2D eigenvalue weighted by Gasteiger charge is -2.48. The first kappa shape index (κ1) is 14.9. The molecule has 102 valence electrons. The predicted molar refractivity (Wildman–Crippen MR) is 67.8 cm³/mol. The summed E-state index contributed by atoms with van der Waals surface area (Å²) in [6.45, 7) is 9.75. The summed E-state index contributed by atoms with van der Waals surface area (Å²) >= 11 is 0. The number of aliphatic hydroxyl groups is 3. The average Bonchev–Trinajstić information content (AvgIpc) is 2.26. The van der Waals surface area contributed by atoms with Crippen molar-refractivity contribution in [3.63, 3.8) is 0 Å². The van der Waals surface area contributed by atoms with E-state index in [1.807, 2.05) is 0 Å². The number of hydrogen-bond donors (Lipinski definition) is 3. The minimum absolute atomic E-state index is 0.0585. The third kappa shape index (κ3) is 3.19. The number of hydrogen-bond acceptors (Lipinski definition) is 4. The van der Waals surface area contributed by atoms with Crippen molar-refractivity contribution < 1.29 is 15.3 Å². The second-order valence-corrected chi connectivity index (χ2v) is 6.36. The minimum atomic E-state index is -0.838. The molecular formula is C13H27NO3. The monoisotopic (exact) mass is 245 g/mol. The zero-order chi connectivity index (χ0) is 13.3. The lowest BCUT2D eigenvalue weighted by atomic mass is 9.72. The summed E-state index contributed by atoms with van der Waals surface area (Å²) in [7, 11) is 0. The topological polar surface area (TPSA) is 63.9 Å². The summed E-state index contributed by atoms with van der Waals surface area (Å²) < 4.78 is 0. The molecule has 3 N–H and O–H groups in total. The molecule has 1 aliphatic heterocycles. The van der Waals surface area contributed by atoms with Crippen molar-refractivity contribution in [3.8, 4) is 0 Å². The van der Waals surface area contributed by atoms with Crippen LogP contribution in [0.4, 0.5) is 0 Å². The van der Waals surface area contributed by atoms with E-state index in [2.05, 4.69) is 25.7 Å². The third-order valence-electron chi connectivity index (χ3n) is 4.11. The van der Waals surface area contributed by atoms with Crippen LogP contribution in [0, 0.1) is 5.41 Å². The van der Waals surface area contributed by atoms with E-state index >= 15 is 0 Å². The Bertz CT molecular complexity index is 240. The van der Waals surface area contributed by atoms with Crippen molar-refractivity contribution in [2.75, 3.05) is 19.7 Å². The number of piperidine rings is 1. The molecule has 0 radical (unpaired) electrons. The SMILES string of the molecule is C[C@H](O)C(O)C1(CO)CCN(C(C)(C)C)CC1. The summed E-state index contributed by atoms with van der Waals surface area (Å²) in [5, 5.41) is 29.1. The van der Waals surface area contributed by atoms with Crippen molar-refractivity contribution in [2.24, 2.45) is 5.41 Å². The summed E-state index contributed by atoms with van der Waals surface area (Å²) in [6.07, 6.45) is -0.169. The van der Waals surface area contributed by atoms with Gasteiger partial charge in [-0.3, -0.25) is 4.90 Å². The minimum Gasteiger partial charge on any atom is -0.396 e. The van der Waals surface area contributed by atoms with Crippen LogP contribution in [-0.4, -0.2) is 57.7 Å². The maximum absolute atomic E-state index is 10.1. The lowest BCUT2D eigenvalue weighted by Crippen LogP contribution is -2.55. The average molecular weight is 245 g/mol. The molecule has 2 atom stereocenters. The number of likely N-dealkylation sites (tertiary alicyclic amines) is 1. The van der Waals surface area contributed by atoms with Crippen molar-refractivity contribution in [1.29, 1.82) is 0 Å². The van der Waals surface area contributed by atoms with Gasteiger partial charge < -0.3 is 15.3 Å². The maximum Gasteiger partial charge on any atom is 0.0875 e. The van der Waals surface area contributed by atoms with Gasteiger partial charge in [0.25, 0.3) is 0 Å². The van der Waals surface area contributed by atoms with Gasteiger partial charge in [-0.15, -0.1) is 0 Å². The van der Waals surface area contributed by atoms with Crippen molar-refractivity contribution in [2.45, 2.75) is 58.3 Å². The quantitative estimate of drug-likeness (QED) is 0.681. The molecular weight excluding hydrogens is 218 g/mol. The highest BCUT2D eigenvalue weighted by Crippen LogP contribution is 2.37. The van der Waals surface area contributed by atoms with E-state index in [1.54, 1.807) is 6.92 Å². The van der Waals surface area contributed by atoms with E-state index < -0.39 is 17.6 Å². The van der Waals surface area contributed by atoms with E-state index in [9.17, 15) is 15.3 Å². The normalized spacial score (nSPS) is 25.6. The van der Waals surface area contributed by atoms with Gasteiger partial charge in [0.1, 0.15) is 0 Å². The van der Waals surface area contributed by atoms with Gasteiger partial charge in [-0.2, -0.15) is 0 Å². The fourth-order valence-corrected chi connectivity index (χ4v) is 2.68. The molecule has 0 saturated carbocycles. The molecule has 0 aromatic heterocycles. The molecule has 17 heavy (non-hydrogen) atoms. The van der Waals surface area contributed by atoms with Gasteiger partial charge in [0, 0.05) is 11.0 Å². The first-order chi connectivity index (χ1) is 7.73. The smallest absolute Gasteiger partial charge is 0.0875 e. The summed E-state index contributed by atoms with van der Waals surface area (Å²) in [5.74, 6) is 0. The van der Waals surface area contributed by atoms with Gasteiger partial charge >= 0.3 is 0 Å². The second kappa shape index (κ2) is 5.22. The molecule has 1 rings (SSSR count). The molecule has 1 aliphatic rings. The zero-order valence-corrected chi connectivity index (χ0v) is 11.5. The maximum atomic E-state index is 10.1. The van der Waals surface area contributed by atoms with Crippen LogP contribution in [0.1, 0.15) is 40.5 Å². The summed E-state index contributed by atoms with van der Waals surface area (Å²) in [6, 6.07) is 0. The molecule has 1 heterocycles. The highest BCUT2D eigenvalue weighted by Gasteiger charge is 2.43. The van der Waals surface area contributed by atoms with E-state index in [0.717, 1.165) is 25.9 Å². The van der Waals surface area contributed by atoms with Gasteiger partial charge in [-0.05, 0) is 53.6 Å². The highest BCUT2D eigenvalue weighted by molar-refractivity contribution is 4.95. The van der Waals surface area contributed by atoms with Crippen molar-refractivity contribution >= 4 is 0 Å². The number of rotatable bonds is 3. The van der Waals surface area contributed by atoms with Gasteiger partial charge in [0.05, 0.1) is 18.8 Å². The Morgan fingerprint density at radius 3 is 1.94 bits per heavy atom. The molecule has 0 spiro atoms. The molecule has 1 saturated heterocycles. The third-order valence-corrected chi connectivity index (χ3v) is 4.11. The van der Waals surface area contributed by atoms with Crippen LogP contribution in [0.15, 0.2) is 0 Å². The molecule has 0 aliphatic carbocycles. The van der Waals surface area contributed by atoms with Crippen LogP contribution in [0.25, 0.3) is 0 Å². The van der Waals surface area contributed by atoms with E-state index in [-0.39, 0.29) is 12.1 Å². The zero-order valence-electron chi connectivity index (χ0n) is 11.5. The Hall–Kier alpha value is -0.160. The van der Waals surface area contributed by atoms with E-state index in [0.29, 0.717) is 0 Å². The number of nitrogens with zero attached hydrogens (tertiary/aromatic N) is 1. The Labute approximate surface area is 104 Å². The molecule has 1 fully saturated rings. The van der Waals surface area contributed by atoms with Crippen LogP contribution in [0.2, 0.25) is 0 Å². The Balaban J connectivity index is 2.70. The summed E-state index contributed by atoms with van der Waals surface area (Å²) in [4.78, 5) is 2.36. The standard InChI is InChI=1S/C13H27NO3/c1-10(16)11(17)13(9-15)5-7-14(8-6-13)12(2,3)4/h10-11,15-17H,5-9H2,1-4H3/t10-,11?/m0/s1. The van der Waals surface area contributed by atoms with Crippen LogP contribution in [0.3, 0.4) is 0 Å². The van der Waals surface area contributed by atoms with E-state index in [4.69, 9.17) is 0 Å². The molecule has 0 aromatic carbocycles.